The van der Waals surface area contributed by atoms with Crippen molar-refractivity contribution in [2.45, 2.75) is 30.6 Å². The topological polar surface area (TPSA) is 96.4 Å². The number of anilines is 1. The van der Waals surface area contributed by atoms with E-state index in [0.29, 0.717) is 25.9 Å². The normalized spacial score (nSPS) is 31.2. The number of benzene rings is 2. The largest absolute Gasteiger partial charge is 0.461 e. The Morgan fingerprint density at radius 2 is 1.83 bits per heavy atom. The minimum atomic E-state index is -1.27. The zero-order valence-corrected chi connectivity index (χ0v) is 19.8. The first kappa shape index (κ1) is 22.9. The number of hydrogen-bond donors (Lipinski definition) is 1. The van der Waals surface area contributed by atoms with Crippen molar-refractivity contribution in [1.29, 1.82) is 0 Å². The molecule has 8 heteroatoms. The number of esters is 1. The van der Waals surface area contributed by atoms with Crippen LogP contribution in [0.25, 0.3) is 10.8 Å². The summed E-state index contributed by atoms with van der Waals surface area (Å²) in [5, 5.41) is 11.4. The number of fused-ring (bicyclic) bond motifs is 3. The third kappa shape index (κ3) is 3.39. The predicted molar refractivity (Wildman–Crippen MR) is 132 cm³/mol. The SMILES string of the molecule is O=C1OCC=C[C@H]2O[C@]34C=CCN(c5ccc6ccccc6c5)C(=O)C3N(CCCCO)C(=O)[C@@H]4[C@@H]12. The molecule has 0 radical (unpaired) electrons. The lowest BCUT2D eigenvalue weighted by atomic mass is 9.78. The summed E-state index contributed by atoms with van der Waals surface area (Å²) in [5.74, 6) is -2.67. The lowest BCUT2D eigenvalue weighted by Gasteiger charge is -2.35. The Kier molecular flexibility index (Phi) is 5.65. The van der Waals surface area contributed by atoms with E-state index in [1.165, 1.54) is 0 Å². The van der Waals surface area contributed by atoms with Crippen molar-refractivity contribution in [3.8, 4) is 0 Å². The Morgan fingerprint density at radius 3 is 2.67 bits per heavy atom. The summed E-state index contributed by atoms with van der Waals surface area (Å²) >= 11 is 0. The second kappa shape index (κ2) is 8.87. The average Bonchev–Trinajstić information content (AvgIpc) is 3.18. The molecule has 4 heterocycles. The van der Waals surface area contributed by atoms with Crippen LogP contribution in [0.1, 0.15) is 12.8 Å². The van der Waals surface area contributed by atoms with Gasteiger partial charge in [0.15, 0.2) is 0 Å². The molecule has 5 atom stereocenters. The number of hydrogen-bond acceptors (Lipinski definition) is 6. The van der Waals surface area contributed by atoms with E-state index >= 15 is 0 Å². The van der Waals surface area contributed by atoms with Crippen LogP contribution in [0.2, 0.25) is 0 Å². The van der Waals surface area contributed by atoms with Gasteiger partial charge in [0.2, 0.25) is 5.91 Å². The number of unbranched alkanes of at least 4 members (excludes halogenated alkanes) is 1. The summed E-state index contributed by atoms with van der Waals surface area (Å²) in [4.78, 5) is 44.3. The zero-order chi connectivity index (χ0) is 24.9. The second-order valence-corrected chi connectivity index (χ2v) is 9.75. The van der Waals surface area contributed by atoms with Crippen LogP contribution in [0.4, 0.5) is 5.69 Å². The number of likely N-dealkylation sites (tertiary alicyclic amines) is 1. The van der Waals surface area contributed by atoms with Crippen LogP contribution in [0.15, 0.2) is 66.8 Å². The fraction of sp³-hybridized carbons (Fsp3) is 0.393. The molecule has 0 aliphatic carbocycles. The van der Waals surface area contributed by atoms with Gasteiger partial charge in [-0.05, 0) is 41.8 Å². The average molecular weight is 489 g/mol. The van der Waals surface area contributed by atoms with E-state index in [1.807, 2.05) is 54.6 Å². The van der Waals surface area contributed by atoms with Gasteiger partial charge in [0, 0.05) is 25.4 Å². The van der Waals surface area contributed by atoms with Crippen molar-refractivity contribution in [1.82, 2.24) is 4.90 Å². The summed E-state index contributed by atoms with van der Waals surface area (Å²) in [5.41, 5.74) is -0.534. The van der Waals surface area contributed by atoms with Crippen molar-refractivity contribution in [3.63, 3.8) is 0 Å². The van der Waals surface area contributed by atoms with Crippen LogP contribution >= 0.6 is 0 Å². The molecule has 1 spiro atoms. The minimum Gasteiger partial charge on any atom is -0.461 e. The van der Waals surface area contributed by atoms with Gasteiger partial charge in [0.1, 0.15) is 24.2 Å². The Morgan fingerprint density at radius 1 is 1.00 bits per heavy atom. The molecular formula is C28H28N2O6. The Bertz CT molecular complexity index is 1290. The number of carbonyl (C=O) groups excluding carboxylic acids is 3. The number of aliphatic hydroxyl groups excluding tert-OH is 1. The molecule has 2 saturated heterocycles. The van der Waals surface area contributed by atoms with Crippen LogP contribution in [-0.2, 0) is 23.9 Å². The van der Waals surface area contributed by atoms with E-state index in [4.69, 9.17) is 9.47 Å². The maximum absolute atomic E-state index is 14.3. The molecule has 2 fully saturated rings. The van der Waals surface area contributed by atoms with E-state index in [-0.39, 0.29) is 25.0 Å². The highest BCUT2D eigenvalue weighted by Gasteiger charge is 2.71. The molecule has 4 aliphatic heterocycles. The minimum absolute atomic E-state index is 0.00332. The molecular weight excluding hydrogens is 460 g/mol. The molecule has 2 aromatic rings. The van der Waals surface area contributed by atoms with E-state index in [1.54, 1.807) is 22.0 Å². The van der Waals surface area contributed by atoms with Crippen LogP contribution in [0.3, 0.4) is 0 Å². The van der Waals surface area contributed by atoms with Crippen LogP contribution in [0.5, 0.6) is 0 Å². The van der Waals surface area contributed by atoms with E-state index in [0.717, 1.165) is 16.5 Å². The van der Waals surface area contributed by atoms with E-state index in [9.17, 15) is 19.5 Å². The number of amides is 2. The Labute approximate surface area is 208 Å². The molecule has 2 aromatic carbocycles. The number of aliphatic hydroxyl groups is 1. The molecule has 0 saturated carbocycles. The van der Waals surface area contributed by atoms with Gasteiger partial charge in [-0.1, -0.05) is 48.6 Å². The lowest BCUT2D eigenvalue weighted by molar-refractivity contribution is -0.152. The molecule has 186 valence electrons. The number of carbonyl (C=O) groups is 3. The van der Waals surface area contributed by atoms with Gasteiger partial charge in [0.25, 0.3) is 5.91 Å². The van der Waals surface area contributed by atoms with Crippen LogP contribution in [0, 0.1) is 11.8 Å². The first-order valence-corrected chi connectivity index (χ1v) is 12.5. The molecule has 0 aromatic heterocycles. The number of rotatable bonds is 5. The second-order valence-electron chi connectivity index (χ2n) is 9.75. The molecule has 1 N–H and O–H groups in total. The number of cyclic esters (lactones) is 1. The predicted octanol–water partition coefficient (Wildman–Crippen LogP) is 2.21. The first-order chi connectivity index (χ1) is 17.5. The van der Waals surface area contributed by atoms with Gasteiger partial charge in [-0.3, -0.25) is 14.4 Å². The first-order valence-electron chi connectivity index (χ1n) is 12.5. The molecule has 36 heavy (non-hydrogen) atoms. The fourth-order valence-corrected chi connectivity index (χ4v) is 6.18. The van der Waals surface area contributed by atoms with E-state index < -0.39 is 35.6 Å². The van der Waals surface area contributed by atoms with Crippen LogP contribution in [-0.4, -0.2) is 71.8 Å². The maximum Gasteiger partial charge on any atom is 0.313 e. The maximum atomic E-state index is 14.3. The summed E-state index contributed by atoms with van der Waals surface area (Å²) in [6.07, 6.45) is 7.58. The van der Waals surface area contributed by atoms with Crippen LogP contribution < -0.4 is 4.90 Å². The van der Waals surface area contributed by atoms with E-state index in [2.05, 4.69) is 0 Å². The standard InChI is InChI=1S/C28H28N2O6/c31-15-4-3-13-30-24-26(33)29(20-11-10-18-7-1-2-8-19(18)17-20)14-6-12-28(24)23(25(30)32)22-21(36-28)9-5-16-35-27(22)34/h1-2,5-12,17,21-24,31H,3-4,13-16H2/t21-,22+,23+,24?,28+/m1/s1. The summed E-state index contributed by atoms with van der Waals surface area (Å²) in [6, 6.07) is 12.9. The van der Waals surface area contributed by atoms with Crippen molar-refractivity contribution >= 4 is 34.2 Å². The monoisotopic (exact) mass is 488 g/mol. The van der Waals surface area contributed by atoms with Crippen molar-refractivity contribution in [3.05, 3.63) is 66.8 Å². The van der Waals surface area contributed by atoms with Gasteiger partial charge in [-0.15, -0.1) is 0 Å². The quantitative estimate of drug-likeness (QED) is 0.394. The number of nitrogens with zero attached hydrogens (tertiary/aromatic N) is 2. The molecule has 8 nitrogen and oxygen atoms in total. The molecule has 4 aliphatic rings. The van der Waals surface area contributed by atoms with Gasteiger partial charge in [-0.2, -0.15) is 0 Å². The molecule has 6 rings (SSSR count). The van der Waals surface area contributed by atoms with Gasteiger partial charge in [0.05, 0.1) is 12.0 Å². The third-order valence-electron chi connectivity index (χ3n) is 7.77. The van der Waals surface area contributed by atoms with Crippen molar-refractivity contribution in [2.24, 2.45) is 11.8 Å². The highest BCUT2D eigenvalue weighted by Crippen LogP contribution is 2.53. The Hall–Kier alpha value is -3.49. The summed E-state index contributed by atoms with van der Waals surface area (Å²) < 4.78 is 11.9. The summed E-state index contributed by atoms with van der Waals surface area (Å²) in [7, 11) is 0. The van der Waals surface area contributed by atoms with Crippen molar-refractivity contribution < 1.29 is 29.0 Å². The fourth-order valence-electron chi connectivity index (χ4n) is 6.18. The Balaban J connectivity index is 1.43. The molecule has 2 amide bonds. The zero-order valence-electron chi connectivity index (χ0n) is 19.8. The van der Waals surface area contributed by atoms with Crippen molar-refractivity contribution in [2.75, 3.05) is 31.2 Å². The third-order valence-corrected chi connectivity index (χ3v) is 7.77. The smallest absolute Gasteiger partial charge is 0.313 e. The number of ether oxygens (including phenoxy) is 2. The van der Waals surface area contributed by atoms with Gasteiger partial charge < -0.3 is 24.4 Å². The highest BCUT2D eigenvalue weighted by molar-refractivity contribution is 6.06. The van der Waals surface area contributed by atoms with Gasteiger partial charge in [-0.25, -0.2) is 0 Å². The lowest BCUT2D eigenvalue weighted by Crippen LogP contribution is -2.55. The summed E-state index contributed by atoms with van der Waals surface area (Å²) in [6.45, 7) is 0.743. The molecule has 0 bridgehead atoms. The van der Waals surface area contributed by atoms with Gasteiger partial charge >= 0.3 is 5.97 Å². The molecule has 1 unspecified atom stereocenters. The highest BCUT2D eigenvalue weighted by atomic mass is 16.6.